The van der Waals surface area contributed by atoms with Crippen molar-refractivity contribution in [2.75, 3.05) is 6.54 Å². The Bertz CT molecular complexity index is 279. The van der Waals surface area contributed by atoms with E-state index in [0.717, 1.165) is 12.8 Å². The predicted molar refractivity (Wildman–Crippen MR) is 64.8 cm³/mol. The lowest BCUT2D eigenvalue weighted by atomic mass is 10.1. The van der Waals surface area contributed by atoms with E-state index in [1.165, 1.54) is 0 Å². The maximum absolute atomic E-state index is 11.5. The van der Waals surface area contributed by atoms with Crippen LogP contribution in [0.25, 0.3) is 0 Å². The smallest absolute Gasteiger partial charge is 0.315 e. The number of aliphatic carboxylic acids is 1. The molecule has 0 aromatic heterocycles. The third-order valence-corrected chi connectivity index (χ3v) is 3.12. The van der Waals surface area contributed by atoms with Crippen LogP contribution >= 0.6 is 0 Å². The summed E-state index contributed by atoms with van der Waals surface area (Å²) in [6.07, 6.45) is 2.92. The summed E-state index contributed by atoms with van der Waals surface area (Å²) >= 11 is 0. The van der Waals surface area contributed by atoms with Crippen LogP contribution in [0.2, 0.25) is 0 Å². The zero-order chi connectivity index (χ0) is 12.8. The predicted octanol–water partition coefficient (Wildman–Crippen LogP) is 1.58. The molecule has 0 bridgehead atoms. The van der Waals surface area contributed by atoms with Gasteiger partial charge in [-0.25, -0.2) is 4.79 Å². The largest absolute Gasteiger partial charge is 0.481 e. The van der Waals surface area contributed by atoms with Gasteiger partial charge < -0.3 is 15.7 Å². The summed E-state index contributed by atoms with van der Waals surface area (Å²) in [6.45, 7) is 4.88. The zero-order valence-electron chi connectivity index (χ0n) is 10.5. The highest BCUT2D eigenvalue weighted by atomic mass is 16.4. The second-order valence-electron chi connectivity index (χ2n) is 5.13. The number of hydrogen-bond acceptors (Lipinski definition) is 2. The van der Waals surface area contributed by atoms with Crippen LogP contribution in [0.15, 0.2) is 0 Å². The third kappa shape index (κ3) is 5.06. The number of rotatable bonds is 5. The fourth-order valence-corrected chi connectivity index (χ4v) is 2.05. The molecule has 0 aliphatic heterocycles. The molecule has 1 saturated carbocycles. The molecule has 1 aliphatic carbocycles. The first kappa shape index (κ1) is 13.8. The Morgan fingerprint density at radius 3 is 2.59 bits per heavy atom. The number of carbonyl (C=O) groups excluding carboxylic acids is 1. The quantitative estimate of drug-likeness (QED) is 0.685. The lowest BCUT2D eigenvalue weighted by molar-refractivity contribution is -0.141. The van der Waals surface area contributed by atoms with Gasteiger partial charge in [0.25, 0.3) is 0 Å². The van der Waals surface area contributed by atoms with Crippen LogP contribution in [0.1, 0.15) is 39.5 Å². The Kier molecular flexibility index (Phi) is 5.25. The highest BCUT2D eigenvalue weighted by molar-refractivity contribution is 5.75. The van der Waals surface area contributed by atoms with Crippen LogP contribution in [0.3, 0.4) is 0 Å². The average molecular weight is 242 g/mol. The Labute approximate surface area is 102 Å². The number of carbonyl (C=O) groups is 2. The van der Waals surface area contributed by atoms with E-state index in [4.69, 9.17) is 5.11 Å². The standard InChI is InChI=1S/C12H22N2O3/c1-8(2)5-6-13-12(17)14-10-4-3-9(7-10)11(15)16/h8-10H,3-7H2,1-2H3,(H,15,16)(H2,13,14,17)/t9-,10+/m1/s1. The van der Waals surface area contributed by atoms with E-state index in [-0.39, 0.29) is 18.0 Å². The number of carboxylic acid groups (broad SMARTS) is 1. The first-order chi connectivity index (χ1) is 7.99. The van der Waals surface area contributed by atoms with Crippen LogP contribution in [0.5, 0.6) is 0 Å². The highest BCUT2D eigenvalue weighted by Crippen LogP contribution is 2.25. The van der Waals surface area contributed by atoms with Gasteiger partial charge in [-0.2, -0.15) is 0 Å². The number of urea groups is 1. The van der Waals surface area contributed by atoms with Crippen molar-refractivity contribution >= 4 is 12.0 Å². The van der Waals surface area contributed by atoms with Gasteiger partial charge in [0.15, 0.2) is 0 Å². The Balaban J connectivity index is 2.17. The second-order valence-corrected chi connectivity index (χ2v) is 5.13. The van der Waals surface area contributed by atoms with E-state index in [1.54, 1.807) is 0 Å². The van der Waals surface area contributed by atoms with Gasteiger partial charge in [-0.1, -0.05) is 13.8 Å². The maximum atomic E-state index is 11.5. The minimum absolute atomic E-state index is 0.00940. The molecule has 5 nitrogen and oxygen atoms in total. The Morgan fingerprint density at radius 1 is 1.35 bits per heavy atom. The lowest BCUT2D eigenvalue weighted by Crippen LogP contribution is -2.41. The Hall–Kier alpha value is -1.26. The molecule has 0 spiro atoms. The summed E-state index contributed by atoms with van der Waals surface area (Å²) in [7, 11) is 0. The minimum Gasteiger partial charge on any atom is -0.481 e. The first-order valence-electron chi connectivity index (χ1n) is 6.26. The van der Waals surface area contributed by atoms with Crippen LogP contribution in [0, 0.1) is 11.8 Å². The van der Waals surface area contributed by atoms with Crippen molar-refractivity contribution < 1.29 is 14.7 Å². The molecule has 17 heavy (non-hydrogen) atoms. The van der Waals surface area contributed by atoms with Crippen molar-refractivity contribution in [1.29, 1.82) is 0 Å². The van der Waals surface area contributed by atoms with Gasteiger partial charge in [0.05, 0.1) is 5.92 Å². The molecule has 0 aromatic carbocycles. The van der Waals surface area contributed by atoms with E-state index >= 15 is 0 Å². The molecular weight excluding hydrogens is 220 g/mol. The highest BCUT2D eigenvalue weighted by Gasteiger charge is 2.30. The molecule has 0 aromatic rings. The summed E-state index contributed by atoms with van der Waals surface area (Å²) < 4.78 is 0. The molecule has 5 heteroatoms. The summed E-state index contributed by atoms with van der Waals surface area (Å²) in [5.74, 6) is -0.483. The topological polar surface area (TPSA) is 78.4 Å². The van der Waals surface area contributed by atoms with Crippen LogP contribution in [0.4, 0.5) is 4.79 Å². The summed E-state index contributed by atoms with van der Waals surface area (Å²) in [4.78, 5) is 22.2. The summed E-state index contributed by atoms with van der Waals surface area (Å²) in [5.41, 5.74) is 0. The molecule has 0 saturated heterocycles. The van der Waals surface area contributed by atoms with Crippen LogP contribution in [-0.4, -0.2) is 29.7 Å². The molecule has 98 valence electrons. The lowest BCUT2D eigenvalue weighted by Gasteiger charge is -2.13. The van der Waals surface area contributed by atoms with Gasteiger partial charge >= 0.3 is 12.0 Å². The van der Waals surface area contributed by atoms with E-state index in [0.29, 0.717) is 25.3 Å². The average Bonchev–Trinajstić information content (AvgIpc) is 2.65. The normalized spacial score (nSPS) is 23.7. The molecule has 0 radical (unpaired) electrons. The summed E-state index contributed by atoms with van der Waals surface area (Å²) in [5, 5.41) is 14.5. The molecule has 1 fully saturated rings. The molecule has 0 heterocycles. The van der Waals surface area contributed by atoms with Gasteiger partial charge in [-0.05, 0) is 31.6 Å². The molecular formula is C12H22N2O3. The van der Waals surface area contributed by atoms with Gasteiger partial charge in [-0.3, -0.25) is 4.79 Å². The summed E-state index contributed by atoms with van der Waals surface area (Å²) in [6, 6.07) is -0.170. The van der Waals surface area contributed by atoms with Gasteiger partial charge in [0.1, 0.15) is 0 Å². The Morgan fingerprint density at radius 2 is 2.06 bits per heavy atom. The third-order valence-electron chi connectivity index (χ3n) is 3.12. The number of carboxylic acids is 1. The van der Waals surface area contributed by atoms with Crippen molar-refractivity contribution in [2.24, 2.45) is 11.8 Å². The number of hydrogen-bond donors (Lipinski definition) is 3. The van der Waals surface area contributed by atoms with Crippen molar-refractivity contribution in [3.05, 3.63) is 0 Å². The van der Waals surface area contributed by atoms with Crippen molar-refractivity contribution in [3.8, 4) is 0 Å². The molecule has 3 N–H and O–H groups in total. The van der Waals surface area contributed by atoms with Crippen molar-refractivity contribution in [2.45, 2.75) is 45.6 Å². The van der Waals surface area contributed by atoms with Gasteiger partial charge in [0, 0.05) is 12.6 Å². The number of amides is 2. The van der Waals surface area contributed by atoms with E-state index in [9.17, 15) is 9.59 Å². The van der Waals surface area contributed by atoms with Gasteiger partial charge in [0.2, 0.25) is 0 Å². The molecule has 0 unspecified atom stereocenters. The van der Waals surface area contributed by atoms with E-state index in [2.05, 4.69) is 24.5 Å². The van der Waals surface area contributed by atoms with Crippen LogP contribution in [-0.2, 0) is 4.79 Å². The van der Waals surface area contributed by atoms with Gasteiger partial charge in [-0.15, -0.1) is 0 Å². The van der Waals surface area contributed by atoms with E-state index < -0.39 is 5.97 Å². The molecule has 2 atom stereocenters. The van der Waals surface area contributed by atoms with Crippen molar-refractivity contribution in [3.63, 3.8) is 0 Å². The SMILES string of the molecule is CC(C)CCNC(=O)N[C@H]1CC[C@@H](C(=O)O)C1. The fraction of sp³-hybridized carbons (Fsp3) is 0.833. The van der Waals surface area contributed by atoms with Crippen LogP contribution < -0.4 is 10.6 Å². The number of nitrogens with one attached hydrogen (secondary N) is 2. The first-order valence-corrected chi connectivity index (χ1v) is 6.26. The molecule has 2 amide bonds. The zero-order valence-corrected chi connectivity index (χ0v) is 10.5. The second kappa shape index (κ2) is 6.47. The maximum Gasteiger partial charge on any atom is 0.315 e. The van der Waals surface area contributed by atoms with Crippen molar-refractivity contribution in [1.82, 2.24) is 10.6 Å². The minimum atomic E-state index is -0.755. The molecule has 1 rings (SSSR count). The fourth-order valence-electron chi connectivity index (χ4n) is 2.05. The van der Waals surface area contributed by atoms with E-state index in [1.807, 2.05) is 0 Å². The monoisotopic (exact) mass is 242 g/mol. The molecule has 1 aliphatic rings.